The Balaban J connectivity index is 1.75. The van der Waals surface area contributed by atoms with Crippen molar-refractivity contribution in [3.05, 3.63) is 64.7 Å². The maximum absolute atomic E-state index is 12.1. The summed E-state index contributed by atoms with van der Waals surface area (Å²) in [7, 11) is 0. The molecule has 1 amide bonds. The zero-order valence-corrected chi connectivity index (χ0v) is 14.1. The van der Waals surface area contributed by atoms with E-state index in [-0.39, 0.29) is 5.91 Å². The van der Waals surface area contributed by atoms with E-state index in [1.807, 2.05) is 36.4 Å². The van der Waals surface area contributed by atoms with Gasteiger partial charge in [-0.2, -0.15) is 0 Å². The molecular weight excluding hydrogens is 310 g/mol. The maximum Gasteiger partial charge on any atom is 0.251 e. The zero-order valence-electron chi connectivity index (χ0n) is 13.3. The first kappa shape index (κ1) is 17.4. The minimum Gasteiger partial charge on any atom is -0.494 e. The van der Waals surface area contributed by atoms with Crippen LogP contribution in [0.4, 0.5) is 0 Å². The zero-order chi connectivity index (χ0) is 16.5. The largest absolute Gasteiger partial charge is 0.494 e. The molecule has 2 aromatic carbocycles. The highest BCUT2D eigenvalue weighted by Crippen LogP contribution is 2.16. The molecule has 23 heavy (non-hydrogen) atoms. The second-order valence-corrected chi connectivity index (χ2v) is 5.73. The Morgan fingerprint density at radius 2 is 1.87 bits per heavy atom. The van der Waals surface area contributed by atoms with Gasteiger partial charge in [-0.25, -0.2) is 0 Å². The second kappa shape index (κ2) is 9.21. The number of halogens is 1. The number of aryl methyl sites for hydroxylation is 1. The molecule has 0 aliphatic heterocycles. The molecule has 0 aliphatic carbocycles. The minimum atomic E-state index is -0.0637. The highest BCUT2D eigenvalue weighted by Gasteiger charge is 2.05. The molecule has 0 radical (unpaired) electrons. The average Bonchev–Trinajstić information content (AvgIpc) is 2.58. The van der Waals surface area contributed by atoms with Gasteiger partial charge >= 0.3 is 0 Å². The molecule has 0 atom stereocenters. The lowest BCUT2D eigenvalue weighted by Gasteiger charge is -2.08. The third-order valence-electron chi connectivity index (χ3n) is 3.46. The Kier molecular flexibility index (Phi) is 6.95. The molecule has 1 N–H and O–H groups in total. The van der Waals surface area contributed by atoms with Crippen molar-refractivity contribution in [2.75, 3.05) is 13.2 Å². The maximum atomic E-state index is 12.1. The molecule has 2 aromatic rings. The Labute approximate surface area is 142 Å². The van der Waals surface area contributed by atoms with Crippen molar-refractivity contribution in [2.45, 2.75) is 26.2 Å². The van der Waals surface area contributed by atoms with Crippen LogP contribution in [0.5, 0.6) is 5.75 Å². The summed E-state index contributed by atoms with van der Waals surface area (Å²) in [5.41, 5.74) is 1.76. The molecule has 122 valence electrons. The number of hydrogen-bond acceptors (Lipinski definition) is 2. The van der Waals surface area contributed by atoms with E-state index in [9.17, 15) is 4.79 Å². The Bertz CT molecular complexity index is 626. The van der Waals surface area contributed by atoms with Gasteiger partial charge in [0.2, 0.25) is 0 Å². The molecule has 3 nitrogen and oxygen atoms in total. The van der Waals surface area contributed by atoms with Gasteiger partial charge in [-0.05, 0) is 55.2 Å². The molecule has 4 heteroatoms. The van der Waals surface area contributed by atoms with Crippen LogP contribution in [0.3, 0.4) is 0 Å². The fourth-order valence-corrected chi connectivity index (χ4v) is 2.44. The van der Waals surface area contributed by atoms with Crippen molar-refractivity contribution in [2.24, 2.45) is 0 Å². The van der Waals surface area contributed by atoms with Crippen LogP contribution in [0.2, 0.25) is 5.02 Å². The predicted octanol–water partition coefficient (Wildman–Crippen LogP) is 4.49. The van der Waals surface area contributed by atoms with E-state index in [4.69, 9.17) is 16.3 Å². The lowest BCUT2D eigenvalue weighted by Crippen LogP contribution is -2.24. The number of carbonyl (C=O) groups is 1. The van der Waals surface area contributed by atoms with Gasteiger partial charge in [0.15, 0.2) is 0 Å². The molecule has 0 aromatic heterocycles. The quantitative estimate of drug-likeness (QED) is 0.724. The van der Waals surface area contributed by atoms with Crippen molar-refractivity contribution in [3.63, 3.8) is 0 Å². The SMILES string of the molecule is CCCOc1ccc(C(=O)NCCCc2ccccc2Cl)cc1. The van der Waals surface area contributed by atoms with E-state index >= 15 is 0 Å². The summed E-state index contributed by atoms with van der Waals surface area (Å²) in [6.07, 6.45) is 2.67. The lowest BCUT2D eigenvalue weighted by atomic mass is 10.1. The van der Waals surface area contributed by atoms with E-state index in [2.05, 4.69) is 12.2 Å². The number of hydrogen-bond donors (Lipinski definition) is 1. The van der Waals surface area contributed by atoms with Crippen LogP contribution in [0.15, 0.2) is 48.5 Å². The topological polar surface area (TPSA) is 38.3 Å². The molecule has 0 heterocycles. The van der Waals surface area contributed by atoms with Crippen molar-refractivity contribution in [1.29, 1.82) is 0 Å². The van der Waals surface area contributed by atoms with Crippen LogP contribution >= 0.6 is 11.6 Å². The third kappa shape index (κ3) is 5.61. The van der Waals surface area contributed by atoms with E-state index < -0.39 is 0 Å². The molecule has 0 bridgehead atoms. The number of nitrogens with one attached hydrogen (secondary N) is 1. The summed E-state index contributed by atoms with van der Waals surface area (Å²) >= 11 is 6.11. The summed E-state index contributed by atoms with van der Waals surface area (Å²) < 4.78 is 5.50. The van der Waals surface area contributed by atoms with Gasteiger partial charge in [-0.15, -0.1) is 0 Å². The summed E-state index contributed by atoms with van der Waals surface area (Å²) in [6.45, 7) is 3.37. The Morgan fingerprint density at radius 3 is 2.57 bits per heavy atom. The van der Waals surface area contributed by atoms with E-state index in [0.29, 0.717) is 18.7 Å². The first-order valence-corrected chi connectivity index (χ1v) is 8.33. The fourth-order valence-electron chi connectivity index (χ4n) is 2.21. The molecule has 0 saturated carbocycles. The monoisotopic (exact) mass is 331 g/mol. The smallest absolute Gasteiger partial charge is 0.251 e. The Morgan fingerprint density at radius 1 is 1.13 bits per heavy atom. The van der Waals surface area contributed by atoms with Gasteiger partial charge in [0.1, 0.15) is 5.75 Å². The van der Waals surface area contributed by atoms with Gasteiger partial charge in [0.05, 0.1) is 6.61 Å². The summed E-state index contributed by atoms with van der Waals surface area (Å²) in [6, 6.07) is 15.0. The van der Waals surface area contributed by atoms with Crippen molar-refractivity contribution < 1.29 is 9.53 Å². The van der Waals surface area contributed by atoms with Gasteiger partial charge in [0, 0.05) is 17.1 Å². The number of amides is 1. The number of ether oxygens (including phenoxy) is 1. The van der Waals surface area contributed by atoms with Crippen LogP contribution in [0.25, 0.3) is 0 Å². The van der Waals surface area contributed by atoms with E-state index in [1.165, 1.54) is 0 Å². The van der Waals surface area contributed by atoms with Crippen LogP contribution in [0, 0.1) is 0 Å². The van der Waals surface area contributed by atoms with Crippen molar-refractivity contribution >= 4 is 17.5 Å². The Hall–Kier alpha value is -2.00. The summed E-state index contributed by atoms with van der Waals surface area (Å²) in [5.74, 6) is 0.730. The number of carbonyl (C=O) groups excluding carboxylic acids is 1. The predicted molar refractivity (Wildman–Crippen MR) is 94.3 cm³/mol. The first-order chi connectivity index (χ1) is 11.2. The van der Waals surface area contributed by atoms with E-state index in [1.54, 1.807) is 12.1 Å². The van der Waals surface area contributed by atoms with Crippen LogP contribution in [-0.4, -0.2) is 19.1 Å². The molecule has 0 aliphatic rings. The highest BCUT2D eigenvalue weighted by molar-refractivity contribution is 6.31. The minimum absolute atomic E-state index is 0.0637. The van der Waals surface area contributed by atoms with Gasteiger partial charge in [0.25, 0.3) is 5.91 Å². The first-order valence-electron chi connectivity index (χ1n) is 7.95. The molecular formula is C19H22ClNO2. The molecule has 0 saturated heterocycles. The normalized spacial score (nSPS) is 10.3. The molecule has 0 spiro atoms. The van der Waals surface area contributed by atoms with Crippen molar-refractivity contribution in [1.82, 2.24) is 5.32 Å². The second-order valence-electron chi connectivity index (χ2n) is 5.32. The van der Waals surface area contributed by atoms with Crippen molar-refractivity contribution in [3.8, 4) is 5.75 Å². The number of benzene rings is 2. The van der Waals surface area contributed by atoms with Crippen LogP contribution < -0.4 is 10.1 Å². The number of rotatable bonds is 8. The van der Waals surface area contributed by atoms with Gasteiger partial charge < -0.3 is 10.1 Å². The van der Waals surface area contributed by atoms with Gasteiger partial charge in [-0.3, -0.25) is 4.79 Å². The molecule has 0 fully saturated rings. The van der Waals surface area contributed by atoms with E-state index in [0.717, 1.165) is 35.6 Å². The summed E-state index contributed by atoms with van der Waals surface area (Å²) in [4.78, 5) is 12.1. The van der Waals surface area contributed by atoms with Crippen LogP contribution in [0.1, 0.15) is 35.7 Å². The lowest BCUT2D eigenvalue weighted by molar-refractivity contribution is 0.0953. The standard InChI is InChI=1S/C19H22ClNO2/c1-2-14-23-17-11-9-16(10-12-17)19(22)21-13-5-7-15-6-3-4-8-18(15)20/h3-4,6,8-12H,2,5,7,13-14H2,1H3,(H,21,22). The van der Waals surface area contributed by atoms with Crippen LogP contribution in [-0.2, 0) is 6.42 Å². The average molecular weight is 332 g/mol. The highest BCUT2D eigenvalue weighted by atomic mass is 35.5. The third-order valence-corrected chi connectivity index (χ3v) is 3.82. The van der Waals surface area contributed by atoms with Gasteiger partial charge in [-0.1, -0.05) is 36.7 Å². The summed E-state index contributed by atoms with van der Waals surface area (Å²) in [5, 5.41) is 3.71. The molecule has 2 rings (SSSR count). The molecule has 0 unspecified atom stereocenters. The fraction of sp³-hybridized carbons (Fsp3) is 0.316.